The maximum atomic E-state index is 11.7. The van der Waals surface area contributed by atoms with Crippen LogP contribution in [0.3, 0.4) is 0 Å². The van der Waals surface area contributed by atoms with Crippen LogP contribution in [0.15, 0.2) is 18.3 Å². The molecule has 1 fully saturated rings. The van der Waals surface area contributed by atoms with Crippen LogP contribution in [0.5, 0.6) is 0 Å². The lowest BCUT2D eigenvalue weighted by atomic mass is 10.0. The Morgan fingerprint density at radius 2 is 2.05 bits per heavy atom. The largest absolute Gasteiger partial charge is 0.464 e. The van der Waals surface area contributed by atoms with Crippen LogP contribution >= 0.6 is 0 Å². The average Bonchev–Trinajstić information content (AvgIpc) is 2.95. The van der Waals surface area contributed by atoms with Gasteiger partial charge in [-0.25, -0.2) is 4.79 Å². The zero-order valence-electron chi connectivity index (χ0n) is 11.9. The molecule has 0 saturated carbocycles. The minimum atomic E-state index is -0.317. The Bertz CT molecular complexity index is 490. The van der Waals surface area contributed by atoms with Crippen molar-refractivity contribution in [3.63, 3.8) is 0 Å². The summed E-state index contributed by atoms with van der Waals surface area (Å²) in [5, 5.41) is 0. The van der Waals surface area contributed by atoms with Crippen molar-refractivity contribution in [2.24, 2.45) is 5.73 Å². The number of esters is 1. The van der Waals surface area contributed by atoms with Crippen molar-refractivity contribution in [3.8, 4) is 0 Å². The number of ether oxygens (including phenoxy) is 1. The van der Waals surface area contributed by atoms with Crippen LogP contribution in [0.25, 0.3) is 0 Å². The third-order valence-electron chi connectivity index (χ3n) is 4.03. The predicted molar refractivity (Wildman–Crippen MR) is 74.3 cm³/mol. The van der Waals surface area contributed by atoms with Crippen molar-refractivity contribution in [3.05, 3.63) is 24.0 Å². The molecule has 2 heterocycles. The van der Waals surface area contributed by atoms with Crippen LogP contribution in [0.2, 0.25) is 0 Å². The van der Waals surface area contributed by atoms with Gasteiger partial charge in [0.05, 0.1) is 13.2 Å². The molecule has 1 saturated heterocycles. The Kier molecular flexibility index (Phi) is 4.44. The second-order valence-electron chi connectivity index (χ2n) is 5.14. The summed E-state index contributed by atoms with van der Waals surface area (Å²) in [6.45, 7) is 3.43. The van der Waals surface area contributed by atoms with Gasteiger partial charge in [-0.1, -0.05) is 0 Å². The van der Waals surface area contributed by atoms with E-state index in [1.165, 1.54) is 7.11 Å². The topological polar surface area (TPSA) is 77.6 Å². The Hall–Kier alpha value is -1.82. The molecule has 2 N–H and O–H groups in total. The van der Waals surface area contributed by atoms with Gasteiger partial charge in [0.25, 0.3) is 0 Å². The number of rotatable bonds is 4. The summed E-state index contributed by atoms with van der Waals surface area (Å²) >= 11 is 0. The lowest BCUT2D eigenvalue weighted by molar-refractivity contribution is -0.123. The number of methoxy groups -OCH3 is 1. The number of primary amides is 1. The van der Waals surface area contributed by atoms with E-state index in [2.05, 4.69) is 4.90 Å². The van der Waals surface area contributed by atoms with E-state index >= 15 is 0 Å². The lowest BCUT2D eigenvalue weighted by Crippen LogP contribution is -2.46. The molecule has 1 aromatic rings. The number of aromatic nitrogens is 1. The van der Waals surface area contributed by atoms with E-state index in [0.717, 1.165) is 25.9 Å². The van der Waals surface area contributed by atoms with E-state index in [4.69, 9.17) is 10.5 Å². The van der Waals surface area contributed by atoms with Crippen LogP contribution in [0.4, 0.5) is 0 Å². The predicted octanol–water partition coefficient (Wildman–Crippen LogP) is 0.785. The van der Waals surface area contributed by atoms with Crippen LogP contribution in [-0.2, 0) is 9.53 Å². The fourth-order valence-corrected chi connectivity index (χ4v) is 2.72. The first-order valence-corrected chi connectivity index (χ1v) is 6.83. The van der Waals surface area contributed by atoms with Crippen molar-refractivity contribution in [2.75, 3.05) is 20.2 Å². The van der Waals surface area contributed by atoms with Gasteiger partial charge in [-0.15, -0.1) is 0 Å². The summed E-state index contributed by atoms with van der Waals surface area (Å²) < 4.78 is 6.76. The molecule has 0 unspecified atom stereocenters. The molecule has 0 aromatic carbocycles. The van der Waals surface area contributed by atoms with E-state index in [0.29, 0.717) is 5.69 Å². The first-order valence-electron chi connectivity index (χ1n) is 6.83. The number of amides is 1. The molecule has 6 nitrogen and oxygen atoms in total. The fourth-order valence-electron chi connectivity index (χ4n) is 2.72. The fraction of sp³-hybridized carbons (Fsp3) is 0.571. The SMILES string of the molecule is COC(=O)c1cccn1C1CCN([C@@H](C)C(N)=O)CC1. The highest BCUT2D eigenvalue weighted by Crippen LogP contribution is 2.25. The van der Waals surface area contributed by atoms with Gasteiger partial charge in [0.2, 0.25) is 5.91 Å². The van der Waals surface area contributed by atoms with E-state index in [1.807, 2.05) is 23.8 Å². The summed E-state index contributed by atoms with van der Waals surface area (Å²) in [5.74, 6) is -0.609. The Balaban J connectivity index is 2.03. The Morgan fingerprint density at radius 1 is 1.40 bits per heavy atom. The molecule has 0 bridgehead atoms. The number of nitrogens with two attached hydrogens (primary N) is 1. The van der Waals surface area contributed by atoms with Crippen LogP contribution in [-0.4, -0.2) is 47.6 Å². The number of piperidine rings is 1. The highest BCUT2D eigenvalue weighted by molar-refractivity contribution is 5.87. The molecule has 110 valence electrons. The molecule has 1 amide bonds. The number of hydrogen-bond acceptors (Lipinski definition) is 4. The number of carbonyl (C=O) groups excluding carboxylic acids is 2. The molecule has 1 aliphatic heterocycles. The zero-order chi connectivity index (χ0) is 14.7. The summed E-state index contributed by atoms with van der Waals surface area (Å²) in [6.07, 6.45) is 3.68. The van der Waals surface area contributed by atoms with Crippen LogP contribution in [0, 0.1) is 0 Å². The molecular formula is C14H21N3O3. The van der Waals surface area contributed by atoms with Crippen LogP contribution < -0.4 is 5.73 Å². The molecule has 0 aliphatic carbocycles. The van der Waals surface area contributed by atoms with Crippen molar-refractivity contribution in [1.82, 2.24) is 9.47 Å². The molecule has 2 rings (SSSR count). The highest BCUT2D eigenvalue weighted by atomic mass is 16.5. The lowest BCUT2D eigenvalue weighted by Gasteiger charge is -2.35. The van der Waals surface area contributed by atoms with Crippen molar-refractivity contribution < 1.29 is 14.3 Å². The summed E-state index contributed by atoms with van der Waals surface area (Å²) in [4.78, 5) is 25.0. The van der Waals surface area contributed by atoms with Crippen molar-refractivity contribution >= 4 is 11.9 Å². The molecule has 6 heteroatoms. The third kappa shape index (κ3) is 2.85. The molecule has 1 aliphatic rings. The number of nitrogens with zero attached hydrogens (tertiary/aromatic N) is 2. The Morgan fingerprint density at radius 3 is 2.60 bits per heavy atom. The second-order valence-corrected chi connectivity index (χ2v) is 5.14. The first kappa shape index (κ1) is 14.6. The third-order valence-corrected chi connectivity index (χ3v) is 4.03. The molecule has 0 radical (unpaired) electrons. The average molecular weight is 279 g/mol. The molecule has 1 atom stereocenters. The monoisotopic (exact) mass is 279 g/mol. The minimum absolute atomic E-state index is 0.235. The number of likely N-dealkylation sites (tertiary alicyclic amines) is 1. The van der Waals surface area contributed by atoms with E-state index in [9.17, 15) is 9.59 Å². The maximum absolute atomic E-state index is 11.7. The zero-order valence-corrected chi connectivity index (χ0v) is 11.9. The molecular weight excluding hydrogens is 258 g/mol. The van der Waals surface area contributed by atoms with Gasteiger partial charge in [-0.05, 0) is 31.9 Å². The van der Waals surface area contributed by atoms with Gasteiger partial charge in [0.1, 0.15) is 5.69 Å². The van der Waals surface area contributed by atoms with Crippen molar-refractivity contribution in [2.45, 2.75) is 31.8 Å². The van der Waals surface area contributed by atoms with E-state index in [1.54, 1.807) is 6.07 Å². The van der Waals surface area contributed by atoms with Gasteiger partial charge in [-0.3, -0.25) is 9.69 Å². The smallest absolute Gasteiger partial charge is 0.354 e. The van der Waals surface area contributed by atoms with Gasteiger partial charge in [0, 0.05) is 25.3 Å². The highest BCUT2D eigenvalue weighted by Gasteiger charge is 2.27. The van der Waals surface area contributed by atoms with E-state index < -0.39 is 0 Å². The molecule has 20 heavy (non-hydrogen) atoms. The maximum Gasteiger partial charge on any atom is 0.354 e. The van der Waals surface area contributed by atoms with Gasteiger partial charge < -0.3 is 15.0 Å². The van der Waals surface area contributed by atoms with Gasteiger partial charge >= 0.3 is 5.97 Å². The Labute approximate surface area is 118 Å². The normalized spacial score (nSPS) is 18.7. The van der Waals surface area contributed by atoms with Gasteiger partial charge in [0.15, 0.2) is 0 Å². The summed E-state index contributed by atoms with van der Waals surface area (Å²) in [5.41, 5.74) is 5.91. The first-order chi connectivity index (χ1) is 9.54. The minimum Gasteiger partial charge on any atom is -0.464 e. The van der Waals surface area contributed by atoms with Crippen LogP contribution in [0.1, 0.15) is 36.3 Å². The summed E-state index contributed by atoms with van der Waals surface area (Å²) in [6, 6.07) is 3.64. The molecule has 1 aromatic heterocycles. The van der Waals surface area contributed by atoms with E-state index in [-0.39, 0.29) is 24.0 Å². The standard InChI is InChI=1S/C14H21N3O3/c1-10(13(15)18)16-8-5-11(6-9-16)17-7-3-4-12(17)14(19)20-2/h3-4,7,10-11H,5-6,8-9H2,1-2H3,(H2,15,18)/t10-/m0/s1. The second kappa shape index (κ2) is 6.09. The van der Waals surface area contributed by atoms with Gasteiger partial charge in [-0.2, -0.15) is 0 Å². The number of carbonyl (C=O) groups is 2. The molecule has 0 spiro atoms. The van der Waals surface area contributed by atoms with Crippen molar-refractivity contribution in [1.29, 1.82) is 0 Å². The summed E-state index contributed by atoms with van der Waals surface area (Å²) in [7, 11) is 1.39. The number of hydrogen-bond donors (Lipinski definition) is 1. The quantitative estimate of drug-likeness (QED) is 0.826.